The molecule has 0 aliphatic heterocycles. The van der Waals surface area contributed by atoms with Gasteiger partial charge in [0.1, 0.15) is 0 Å². The molecule has 0 bridgehead atoms. The molecular weight excluding hydrogens is 266 g/mol. The molecule has 0 aliphatic rings. The summed E-state index contributed by atoms with van der Waals surface area (Å²) in [6.07, 6.45) is 10.3. The van der Waals surface area contributed by atoms with Crippen LogP contribution < -0.4 is 5.32 Å². The van der Waals surface area contributed by atoms with Crippen molar-refractivity contribution in [2.45, 2.75) is 63.2 Å². The molecular formula is C17H27NOS. The Balaban J connectivity index is 2.02. The number of carbonyl (C=O) groups excluding carboxylic acids is 1. The van der Waals surface area contributed by atoms with Gasteiger partial charge >= 0.3 is 0 Å². The van der Waals surface area contributed by atoms with Gasteiger partial charge in [0.25, 0.3) is 5.91 Å². The minimum atomic E-state index is 0.00356. The summed E-state index contributed by atoms with van der Waals surface area (Å²) in [6.45, 7) is 3.01. The highest BCUT2D eigenvalue weighted by Crippen LogP contribution is 2.09. The van der Waals surface area contributed by atoms with E-state index in [4.69, 9.17) is 0 Å². The highest BCUT2D eigenvalue weighted by atomic mass is 32.1. The molecule has 0 radical (unpaired) electrons. The summed E-state index contributed by atoms with van der Waals surface area (Å²) in [7, 11) is 0. The van der Waals surface area contributed by atoms with Crippen molar-refractivity contribution in [2.24, 2.45) is 0 Å². The highest BCUT2D eigenvalue weighted by molar-refractivity contribution is 7.80. The summed E-state index contributed by atoms with van der Waals surface area (Å²) < 4.78 is 0. The van der Waals surface area contributed by atoms with Crippen molar-refractivity contribution in [3.05, 3.63) is 29.8 Å². The summed E-state index contributed by atoms with van der Waals surface area (Å²) in [4.78, 5) is 12.7. The maximum Gasteiger partial charge on any atom is 0.251 e. The summed E-state index contributed by atoms with van der Waals surface area (Å²) in [5.41, 5.74) is 0.692. The van der Waals surface area contributed by atoms with E-state index in [1.54, 1.807) is 6.07 Å². The molecule has 0 saturated heterocycles. The number of hydrogen-bond acceptors (Lipinski definition) is 2. The molecule has 1 aromatic carbocycles. The monoisotopic (exact) mass is 293 g/mol. The SMILES string of the molecule is CCCCCCCCCCNC(=O)c1cccc(S)c1. The van der Waals surface area contributed by atoms with Gasteiger partial charge in [0, 0.05) is 17.0 Å². The van der Waals surface area contributed by atoms with E-state index < -0.39 is 0 Å². The van der Waals surface area contributed by atoms with Crippen molar-refractivity contribution in [3.8, 4) is 0 Å². The van der Waals surface area contributed by atoms with E-state index in [0.29, 0.717) is 5.56 Å². The predicted octanol–water partition coefficient (Wildman–Crippen LogP) is 4.85. The third kappa shape index (κ3) is 7.59. The summed E-state index contributed by atoms with van der Waals surface area (Å²) in [6, 6.07) is 7.35. The molecule has 20 heavy (non-hydrogen) atoms. The molecule has 0 aliphatic carbocycles. The van der Waals surface area contributed by atoms with E-state index >= 15 is 0 Å². The van der Waals surface area contributed by atoms with Gasteiger partial charge in [-0.1, -0.05) is 57.9 Å². The Labute approximate surface area is 128 Å². The van der Waals surface area contributed by atoms with E-state index in [9.17, 15) is 4.79 Å². The first-order chi connectivity index (χ1) is 9.74. The third-order valence-corrected chi connectivity index (χ3v) is 3.70. The molecule has 0 unspecified atom stereocenters. The molecule has 112 valence electrons. The molecule has 1 N–H and O–H groups in total. The van der Waals surface area contributed by atoms with Crippen LogP contribution in [0.5, 0.6) is 0 Å². The molecule has 0 spiro atoms. The number of nitrogens with one attached hydrogen (secondary N) is 1. The van der Waals surface area contributed by atoms with Crippen LogP contribution in [0.15, 0.2) is 29.2 Å². The van der Waals surface area contributed by atoms with Crippen LogP contribution in [0.2, 0.25) is 0 Å². The number of amides is 1. The lowest BCUT2D eigenvalue weighted by Gasteiger charge is -2.06. The Bertz CT molecular complexity index is 392. The first kappa shape index (κ1) is 17.1. The normalized spacial score (nSPS) is 10.5. The molecule has 0 saturated carbocycles. The Morgan fingerprint density at radius 1 is 1.05 bits per heavy atom. The second-order valence-corrected chi connectivity index (χ2v) is 5.80. The molecule has 1 aromatic rings. The van der Waals surface area contributed by atoms with Gasteiger partial charge in [-0.15, -0.1) is 12.6 Å². The molecule has 0 heterocycles. The lowest BCUT2D eigenvalue weighted by molar-refractivity contribution is 0.0952. The van der Waals surface area contributed by atoms with Gasteiger partial charge in [-0.25, -0.2) is 0 Å². The molecule has 1 amide bonds. The maximum absolute atomic E-state index is 11.9. The molecule has 0 atom stereocenters. The summed E-state index contributed by atoms with van der Waals surface area (Å²) >= 11 is 4.24. The Hall–Kier alpha value is -0.960. The van der Waals surface area contributed by atoms with Gasteiger partial charge in [0.15, 0.2) is 0 Å². The number of hydrogen-bond donors (Lipinski definition) is 2. The zero-order valence-electron chi connectivity index (χ0n) is 12.5. The van der Waals surface area contributed by atoms with E-state index in [2.05, 4.69) is 24.9 Å². The Morgan fingerprint density at radius 3 is 2.35 bits per heavy atom. The van der Waals surface area contributed by atoms with E-state index in [1.807, 2.05) is 18.2 Å². The fourth-order valence-corrected chi connectivity index (χ4v) is 2.44. The first-order valence-corrected chi connectivity index (χ1v) is 8.26. The quantitative estimate of drug-likeness (QED) is 0.469. The van der Waals surface area contributed by atoms with Crippen LogP contribution in [0.25, 0.3) is 0 Å². The highest BCUT2D eigenvalue weighted by Gasteiger charge is 2.04. The van der Waals surface area contributed by atoms with Crippen LogP contribution >= 0.6 is 12.6 Å². The van der Waals surface area contributed by atoms with Crippen molar-refractivity contribution in [1.82, 2.24) is 5.32 Å². The Kier molecular flexibility index (Phi) is 9.22. The number of carbonyl (C=O) groups is 1. The molecule has 3 heteroatoms. The van der Waals surface area contributed by atoms with Crippen LogP contribution in [0, 0.1) is 0 Å². The second kappa shape index (κ2) is 10.8. The standard InChI is InChI=1S/C17H27NOS/c1-2-3-4-5-6-7-8-9-13-18-17(19)15-11-10-12-16(20)14-15/h10-12,14,20H,2-9,13H2,1H3,(H,18,19). The van der Waals surface area contributed by atoms with Crippen LogP contribution in [0.1, 0.15) is 68.6 Å². The first-order valence-electron chi connectivity index (χ1n) is 7.81. The van der Waals surface area contributed by atoms with Gasteiger partial charge in [-0.05, 0) is 24.6 Å². The number of rotatable bonds is 10. The fraction of sp³-hybridized carbons (Fsp3) is 0.588. The molecule has 2 nitrogen and oxygen atoms in total. The lowest BCUT2D eigenvalue weighted by atomic mass is 10.1. The van der Waals surface area contributed by atoms with Gasteiger partial charge in [-0.2, -0.15) is 0 Å². The maximum atomic E-state index is 11.9. The minimum absolute atomic E-state index is 0.00356. The predicted molar refractivity (Wildman–Crippen MR) is 88.6 cm³/mol. The van der Waals surface area contributed by atoms with Crippen LogP contribution in [-0.4, -0.2) is 12.5 Å². The largest absolute Gasteiger partial charge is 0.352 e. The average molecular weight is 293 g/mol. The average Bonchev–Trinajstić information content (AvgIpc) is 2.45. The van der Waals surface area contributed by atoms with Crippen molar-refractivity contribution in [3.63, 3.8) is 0 Å². The van der Waals surface area contributed by atoms with Crippen molar-refractivity contribution >= 4 is 18.5 Å². The molecule has 1 rings (SSSR count). The number of benzene rings is 1. The fourth-order valence-electron chi connectivity index (χ4n) is 2.21. The van der Waals surface area contributed by atoms with Gasteiger partial charge in [0.05, 0.1) is 0 Å². The van der Waals surface area contributed by atoms with Gasteiger partial charge in [-0.3, -0.25) is 4.79 Å². The van der Waals surface area contributed by atoms with Crippen molar-refractivity contribution in [1.29, 1.82) is 0 Å². The van der Waals surface area contributed by atoms with Crippen molar-refractivity contribution < 1.29 is 4.79 Å². The lowest BCUT2D eigenvalue weighted by Crippen LogP contribution is -2.24. The second-order valence-electron chi connectivity index (χ2n) is 5.28. The van der Waals surface area contributed by atoms with Crippen LogP contribution in [0.4, 0.5) is 0 Å². The van der Waals surface area contributed by atoms with E-state index in [0.717, 1.165) is 17.9 Å². The van der Waals surface area contributed by atoms with E-state index in [1.165, 1.54) is 44.9 Å². The van der Waals surface area contributed by atoms with Crippen LogP contribution in [-0.2, 0) is 0 Å². The third-order valence-electron chi connectivity index (χ3n) is 3.42. The van der Waals surface area contributed by atoms with E-state index in [-0.39, 0.29) is 5.91 Å². The molecule has 0 fully saturated rings. The molecule has 0 aromatic heterocycles. The smallest absolute Gasteiger partial charge is 0.251 e. The number of thiol groups is 1. The Morgan fingerprint density at radius 2 is 1.70 bits per heavy atom. The summed E-state index contributed by atoms with van der Waals surface area (Å²) in [5.74, 6) is 0.00356. The zero-order chi connectivity index (χ0) is 14.6. The van der Waals surface area contributed by atoms with Crippen molar-refractivity contribution in [2.75, 3.05) is 6.54 Å². The summed E-state index contributed by atoms with van der Waals surface area (Å²) in [5, 5.41) is 2.96. The minimum Gasteiger partial charge on any atom is -0.352 e. The van der Waals surface area contributed by atoms with Crippen LogP contribution in [0.3, 0.4) is 0 Å². The van der Waals surface area contributed by atoms with Gasteiger partial charge < -0.3 is 5.32 Å². The van der Waals surface area contributed by atoms with Gasteiger partial charge in [0.2, 0.25) is 0 Å². The number of unbranched alkanes of at least 4 members (excludes halogenated alkanes) is 7. The topological polar surface area (TPSA) is 29.1 Å². The zero-order valence-corrected chi connectivity index (χ0v) is 13.4.